The second-order valence-electron chi connectivity index (χ2n) is 6.92. The van der Waals surface area contributed by atoms with E-state index in [9.17, 15) is 4.79 Å². The molecule has 1 N–H and O–H groups in total. The van der Waals surface area contributed by atoms with Crippen molar-refractivity contribution in [2.24, 2.45) is 0 Å². The fourth-order valence-electron chi connectivity index (χ4n) is 3.08. The van der Waals surface area contributed by atoms with Crippen LogP contribution in [-0.4, -0.2) is 28.0 Å². The van der Waals surface area contributed by atoms with Crippen molar-refractivity contribution in [2.75, 3.05) is 7.11 Å². The predicted octanol–water partition coefficient (Wildman–Crippen LogP) is 4.06. The Labute approximate surface area is 186 Å². The fourth-order valence-corrected chi connectivity index (χ4v) is 3.08. The monoisotopic (exact) mass is 426 g/mol. The molecule has 0 saturated carbocycles. The molecule has 4 rings (SSSR count). The summed E-state index contributed by atoms with van der Waals surface area (Å²) in [5.41, 5.74) is 2.70. The molecule has 2 aromatic carbocycles. The Morgan fingerprint density at radius 1 is 0.938 bits per heavy atom. The summed E-state index contributed by atoms with van der Waals surface area (Å²) in [6.45, 7) is 0.577. The number of amides is 1. The Kier molecular flexibility index (Phi) is 6.67. The lowest BCUT2D eigenvalue weighted by atomic mass is 10.1. The van der Waals surface area contributed by atoms with Crippen molar-refractivity contribution < 1.29 is 14.3 Å². The molecule has 4 aromatic rings. The van der Waals surface area contributed by atoms with E-state index in [4.69, 9.17) is 9.47 Å². The third-order valence-corrected chi connectivity index (χ3v) is 4.76. The molecular weight excluding hydrogens is 404 g/mol. The highest BCUT2D eigenvalue weighted by molar-refractivity contribution is 5.99. The number of pyridine rings is 1. The molecule has 0 bridgehead atoms. The van der Waals surface area contributed by atoms with Gasteiger partial charge in [0, 0.05) is 30.7 Å². The first-order valence-electron chi connectivity index (χ1n) is 10.1. The van der Waals surface area contributed by atoms with Crippen LogP contribution in [-0.2, 0) is 13.2 Å². The second-order valence-corrected chi connectivity index (χ2v) is 6.92. The number of rotatable bonds is 8. The summed E-state index contributed by atoms with van der Waals surface area (Å²) in [5, 5.41) is 2.94. The van der Waals surface area contributed by atoms with Crippen LogP contribution in [0.25, 0.3) is 11.3 Å². The summed E-state index contributed by atoms with van der Waals surface area (Å²) in [6.07, 6.45) is 4.86. The maximum Gasteiger partial charge on any atom is 0.255 e. The van der Waals surface area contributed by atoms with E-state index in [2.05, 4.69) is 20.3 Å². The summed E-state index contributed by atoms with van der Waals surface area (Å²) in [4.78, 5) is 25.9. The molecule has 160 valence electrons. The van der Waals surface area contributed by atoms with Crippen molar-refractivity contribution in [3.8, 4) is 22.8 Å². The molecule has 7 heteroatoms. The number of benzene rings is 2. The van der Waals surface area contributed by atoms with Crippen LogP contribution in [0.4, 0.5) is 0 Å². The first kappa shape index (κ1) is 21.0. The third-order valence-electron chi connectivity index (χ3n) is 4.76. The number of methoxy groups -OCH3 is 1. The average Bonchev–Trinajstić information content (AvgIpc) is 2.87. The van der Waals surface area contributed by atoms with Crippen LogP contribution in [0.3, 0.4) is 0 Å². The van der Waals surface area contributed by atoms with Crippen molar-refractivity contribution >= 4 is 5.91 Å². The van der Waals surface area contributed by atoms with Gasteiger partial charge in [-0.15, -0.1) is 0 Å². The maximum absolute atomic E-state index is 12.9. The van der Waals surface area contributed by atoms with Crippen molar-refractivity contribution in [1.82, 2.24) is 20.3 Å². The van der Waals surface area contributed by atoms with Crippen LogP contribution in [0.15, 0.2) is 85.3 Å². The van der Waals surface area contributed by atoms with Crippen molar-refractivity contribution in [2.45, 2.75) is 13.2 Å². The molecule has 0 radical (unpaired) electrons. The summed E-state index contributed by atoms with van der Waals surface area (Å²) in [5.74, 6) is 1.64. The van der Waals surface area contributed by atoms with E-state index < -0.39 is 0 Å². The Hall–Kier alpha value is -4.26. The minimum absolute atomic E-state index is 0.163. The van der Waals surface area contributed by atoms with Gasteiger partial charge in [0.05, 0.1) is 18.4 Å². The van der Waals surface area contributed by atoms with Gasteiger partial charge in [0.15, 0.2) is 5.82 Å². The number of nitrogens with zero attached hydrogens (tertiary/aromatic N) is 3. The van der Waals surface area contributed by atoms with Gasteiger partial charge in [-0.3, -0.25) is 9.78 Å². The maximum atomic E-state index is 12.9. The van der Waals surface area contributed by atoms with Gasteiger partial charge in [0.2, 0.25) is 0 Å². The molecular formula is C25H22N4O3. The van der Waals surface area contributed by atoms with Gasteiger partial charge in [-0.25, -0.2) is 9.97 Å². The highest BCUT2D eigenvalue weighted by Gasteiger charge is 2.16. The molecule has 1 amide bonds. The molecule has 0 atom stereocenters. The summed E-state index contributed by atoms with van der Waals surface area (Å²) >= 11 is 0. The molecule has 0 fully saturated rings. The molecule has 7 nitrogen and oxygen atoms in total. The molecule has 0 spiro atoms. The van der Waals surface area contributed by atoms with Gasteiger partial charge in [-0.1, -0.05) is 30.3 Å². The SMILES string of the molecule is COc1ccc(OCc2ncc(C(=O)NCc3ccccc3)c(-c3ccncc3)n2)cc1. The largest absolute Gasteiger partial charge is 0.497 e. The molecule has 2 heterocycles. The molecule has 0 unspecified atom stereocenters. The quantitative estimate of drug-likeness (QED) is 0.457. The molecule has 0 aliphatic heterocycles. The van der Waals surface area contributed by atoms with E-state index in [1.54, 1.807) is 19.5 Å². The van der Waals surface area contributed by atoms with Gasteiger partial charge in [0.25, 0.3) is 5.91 Å². The molecule has 0 aliphatic carbocycles. The van der Waals surface area contributed by atoms with Crippen molar-refractivity contribution in [3.63, 3.8) is 0 Å². The van der Waals surface area contributed by atoms with E-state index in [0.29, 0.717) is 29.4 Å². The smallest absolute Gasteiger partial charge is 0.255 e. The van der Waals surface area contributed by atoms with Crippen LogP contribution in [0.5, 0.6) is 11.5 Å². The van der Waals surface area contributed by atoms with Gasteiger partial charge >= 0.3 is 0 Å². The molecule has 0 saturated heterocycles. The van der Waals surface area contributed by atoms with Crippen LogP contribution < -0.4 is 14.8 Å². The zero-order valence-electron chi connectivity index (χ0n) is 17.6. The van der Waals surface area contributed by atoms with E-state index in [1.165, 1.54) is 6.20 Å². The number of aromatic nitrogens is 3. The zero-order valence-corrected chi connectivity index (χ0v) is 17.6. The lowest BCUT2D eigenvalue weighted by Gasteiger charge is -2.12. The first-order chi connectivity index (χ1) is 15.7. The Balaban J connectivity index is 1.54. The van der Waals surface area contributed by atoms with Gasteiger partial charge < -0.3 is 14.8 Å². The summed E-state index contributed by atoms with van der Waals surface area (Å²) in [7, 11) is 1.61. The van der Waals surface area contributed by atoms with Crippen LogP contribution in [0.2, 0.25) is 0 Å². The first-order valence-corrected chi connectivity index (χ1v) is 10.1. The fraction of sp³-hybridized carbons (Fsp3) is 0.120. The topological polar surface area (TPSA) is 86.2 Å². The average molecular weight is 426 g/mol. The number of carbonyl (C=O) groups is 1. The Morgan fingerprint density at radius 3 is 2.38 bits per heavy atom. The van der Waals surface area contributed by atoms with Gasteiger partial charge in [0.1, 0.15) is 18.1 Å². The number of ether oxygens (including phenoxy) is 2. The second kappa shape index (κ2) is 10.2. The number of hydrogen-bond donors (Lipinski definition) is 1. The zero-order chi connectivity index (χ0) is 22.2. The van der Waals surface area contributed by atoms with E-state index in [0.717, 1.165) is 16.9 Å². The normalized spacial score (nSPS) is 10.4. The number of nitrogens with one attached hydrogen (secondary N) is 1. The Morgan fingerprint density at radius 2 is 1.66 bits per heavy atom. The number of hydrogen-bond acceptors (Lipinski definition) is 6. The molecule has 0 aliphatic rings. The van der Waals surface area contributed by atoms with Gasteiger partial charge in [-0.2, -0.15) is 0 Å². The van der Waals surface area contributed by atoms with Crippen molar-refractivity contribution in [3.05, 3.63) is 102 Å². The van der Waals surface area contributed by atoms with E-state index in [-0.39, 0.29) is 12.5 Å². The standard InChI is InChI=1S/C25H22N4O3/c1-31-20-7-9-21(10-8-20)32-17-23-27-16-22(24(29-23)19-11-13-26-14-12-19)25(30)28-15-18-5-3-2-4-6-18/h2-14,16H,15,17H2,1H3,(H,28,30). The summed E-state index contributed by atoms with van der Waals surface area (Å²) < 4.78 is 11.0. The third kappa shape index (κ3) is 5.26. The lowest BCUT2D eigenvalue weighted by molar-refractivity contribution is 0.0950. The minimum Gasteiger partial charge on any atom is -0.497 e. The van der Waals surface area contributed by atoms with Crippen molar-refractivity contribution in [1.29, 1.82) is 0 Å². The summed E-state index contributed by atoms with van der Waals surface area (Å²) in [6, 6.07) is 20.6. The van der Waals surface area contributed by atoms with Crippen LogP contribution >= 0.6 is 0 Å². The lowest BCUT2D eigenvalue weighted by Crippen LogP contribution is -2.24. The Bertz CT molecular complexity index is 1170. The predicted molar refractivity (Wildman–Crippen MR) is 120 cm³/mol. The van der Waals surface area contributed by atoms with Crippen LogP contribution in [0, 0.1) is 0 Å². The van der Waals surface area contributed by atoms with E-state index in [1.807, 2.05) is 66.7 Å². The van der Waals surface area contributed by atoms with E-state index >= 15 is 0 Å². The van der Waals surface area contributed by atoms with Gasteiger partial charge in [-0.05, 0) is 42.0 Å². The molecule has 2 aromatic heterocycles. The molecule has 32 heavy (non-hydrogen) atoms. The van der Waals surface area contributed by atoms with Crippen LogP contribution in [0.1, 0.15) is 21.7 Å². The minimum atomic E-state index is -0.247. The highest BCUT2D eigenvalue weighted by Crippen LogP contribution is 2.22. The number of carbonyl (C=O) groups excluding carboxylic acids is 1. The highest BCUT2D eigenvalue weighted by atomic mass is 16.5.